The predicted octanol–water partition coefficient (Wildman–Crippen LogP) is 2.87. The Kier molecular flexibility index (Phi) is 4.68. The van der Waals surface area contributed by atoms with Gasteiger partial charge in [-0.15, -0.1) is 0 Å². The quantitative estimate of drug-likeness (QED) is 0.865. The van der Waals surface area contributed by atoms with Crippen LogP contribution in [-0.2, 0) is 22.9 Å². The smallest absolute Gasteiger partial charge is 0.243 e. The van der Waals surface area contributed by atoms with Crippen molar-refractivity contribution in [2.24, 2.45) is 0 Å². The van der Waals surface area contributed by atoms with Gasteiger partial charge in [0.1, 0.15) is 5.75 Å². The van der Waals surface area contributed by atoms with Gasteiger partial charge in [-0.25, -0.2) is 8.42 Å². The molecular weight excluding hydrogens is 310 g/mol. The lowest BCUT2D eigenvalue weighted by Crippen LogP contribution is -2.33. The first-order valence-corrected chi connectivity index (χ1v) is 9.35. The van der Waals surface area contributed by atoms with Crippen LogP contribution in [0, 0.1) is 0 Å². The van der Waals surface area contributed by atoms with Crippen LogP contribution >= 0.6 is 0 Å². The van der Waals surface area contributed by atoms with Crippen molar-refractivity contribution in [3.8, 4) is 5.75 Å². The molecule has 1 aliphatic heterocycles. The van der Waals surface area contributed by atoms with Crippen molar-refractivity contribution in [3.05, 3.63) is 59.7 Å². The zero-order valence-corrected chi connectivity index (χ0v) is 14.1. The van der Waals surface area contributed by atoms with E-state index >= 15 is 0 Å². The summed E-state index contributed by atoms with van der Waals surface area (Å²) in [7, 11) is -3.46. The van der Waals surface area contributed by atoms with Gasteiger partial charge in [0.2, 0.25) is 10.0 Å². The second-order valence-corrected chi connectivity index (χ2v) is 7.52. The number of hydrogen-bond acceptors (Lipinski definition) is 3. The van der Waals surface area contributed by atoms with E-state index in [9.17, 15) is 8.42 Å². The van der Waals surface area contributed by atoms with Crippen molar-refractivity contribution < 1.29 is 13.2 Å². The maximum atomic E-state index is 12.8. The van der Waals surface area contributed by atoms with E-state index in [-0.39, 0.29) is 0 Å². The summed E-state index contributed by atoms with van der Waals surface area (Å²) in [6.07, 6.45) is 1.51. The second-order valence-electron chi connectivity index (χ2n) is 5.58. The molecule has 0 unspecified atom stereocenters. The van der Waals surface area contributed by atoms with E-state index in [1.807, 2.05) is 19.1 Å². The van der Waals surface area contributed by atoms with Gasteiger partial charge < -0.3 is 4.74 Å². The SMILES string of the molecule is CCOc1ccc(S(=O)(=O)N2CCc3ccccc3CC2)cc1. The molecule has 0 fully saturated rings. The summed E-state index contributed by atoms with van der Waals surface area (Å²) in [6, 6.07) is 14.9. The number of sulfonamides is 1. The minimum Gasteiger partial charge on any atom is -0.494 e. The average molecular weight is 331 g/mol. The van der Waals surface area contributed by atoms with Gasteiger partial charge in [-0.1, -0.05) is 24.3 Å². The summed E-state index contributed by atoms with van der Waals surface area (Å²) >= 11 is 0. The summed E-state index contributed by atoms with van der Waals surface area (Å²) in [6.45, 7) is 3.51. The highest BCUT2D eigenvalue weighted by atomic mass is 32.2. The second kappa shape index (κ2) is 6.72. The Morgan fingerprint density at radius 3 is 2.04 bits per heavy atom. The van der Waals surface area contributed by atoms with Crippen LogP contribution in [0.3, 0.4) is 0 Å². The van der Waals surface area contributed by atoms with Crippen molar-refractivity contribution in [3.63, 3.8) is 0 Å². The Morgan fingerprint density at radius 2 is 1.52 bits per heavy atom. The lowest BCUT2D eigenvalue weighted by atomic mass is 10.0. The molecule has 1 heterocycles. The summed E-state index contributed by atoms with van der Waals surface area (Å²) in [4.78, 5) is 0.326. The molecule has 0 atom stereocenters. The highest BCUT2D eigenvalue weighted by Crippen LogP contribution is 2.23. The van der Waals surface area contributed by atoms with Gasteiger partial charge in [0.25, 0.3) is 0 Å². The van der Waals surface area contributed by atoms with Crippen LogP contribution in [0.25, 0.3) is 0 Å². The van der Waals surface area contributed by atoms with Gasteiger partial charge >= 0.3 is 0 Å². The molecule has 0 N–H and O–H groups in total. The predicted molar refractivity (Wildman–Crippen MR) is 90.2 cm³/mol. The average Bonchev–Trinajstić information content (AvgIpc) is 2.79. The van der Waals surface area contributed by atoms with E-state index < -0.39 is 10.0 Å². The van der Waals surface area contributed by atoms with Gasteiger partial charge in [0, 0.05) is 13.1 Å². The van der Waals surface area contributed by atoms with E-state index in [0.29, 0.717) is 30.3 Å². The molecule has 3 rings (SSSR count). The first kappa shape index (κ1) is 16.0. The largest absolute Gasteiger partial charge is 0.494 e. The molecule has 23 heavy (non-hydrogen) atoms. The van der Waals surface area contributed by atoms with Gasteiger partial charge in [-0.2, -0.15) is 4.31 Å². The zero-order chi connectivity index (χ0) is 16.3. The number of fused-ring (bicyclic) bond motifs is 1. The number of ether oxygens (including phenoxy) is 1. The Balaban J connectivity index is 1.80. The molecule has 0 aromatic heterocycles. The number of hydrogen-bond donors (Lipinski definition) is 0. The Hall–Kier alpha value is -1.85. The Morgan fingerprint density at radius 1 is 0.957 bits per heavy atom. The fourth-order valence-electron chi connectivity index (χ4n) is 2.91. The van der Waals surface area contributed by atoms with Crippen LogP contribution in [-0.4, -0.2) is 32.4 Å². The van der Waals surface area contributed by atoms with Crippen LogP contribution < -0.4 is 4.74 Å². The van der Waals surface area contributed by atoms with Gasteiger partial charge in [-0.3, -0.25) is 0 Å². The topological polar surface area (TPSA) is 46.6 Å². The maximum absolute atomic E-state index is 12.8. The molecule has 2 aromatic rings. The highest BCUT2D eigenvalue weighted by Gasteiger charge is 2.26. The van der Waals surface area contributed by atoms with E-state index in [4.69, 9.17) is 4.74 Å². The number of nitrogens with zero attached hydrogens (tertiary/aromatic N) is 1. The van der Waals surface area contributed by atoms with Gasteiger partial charge in [0.15, 0.2) is 0 Å². The van der Waals surface area contributed by atoms with Gasteiger partial charge in [-0.05, 0) is 55.2 Å². The third kappa shape index (κ3) is 3.41. The van der Waals surface area contributed by atoms with E-state index in [1.165, 1.54) is 11.1 Å². The highest BCUT2D eigenvalue weighted by molar-refractivity contribution is 7.89. The monoisotopic (exact) mass is 331 g/mol. The van der Waals surface area contributed by atoms with E-state index in [1.54, 1.807) is 28.6 Å². The molecule has 2 aromatic carbocycles. The molecule has 0 amide bonds. The molecule has 0 saturated carbocycles. The Labute approximate surface area is 137 Å². The molecule has 0 bridgehead atoms. The summed E-state index contributed by atoms with van der Waals surface area (Å²) < 4.78 is 32.6. The summed E-state index contributed by atoms with van der Waals surface area (Å²) in [5, 5.41) is 0. The van der Waals surface area contributed by atoms with E-state index in [0.717, 1.165) is 12.8 Å². The van der Waals surface area contributed by atoms with Crippen LogP contribution in [0.15, 0.2) is 53.4 Å². The first-order valence-electron chi connectivity index (χ1n) is 7.91. The van der Waals surface area contributed by atoms with Crippen molar-refractivity contribution in [2.45, 2.75) is 24.7 Å². The molecule has 1 aliphatic rings. The van der Waals surface area contributed by atoms with Crippen molar-refractivity contribution in [1.82, 2.24) is 4.31 Å². The van der Waals surface area contributed by atoms with Crippen LogP contribution in [0.5, 0.6) is 5.75 Å². The normalized spacial score (nSPS) is 15.7. The third-order valence-electron chi connectivity index (χ3n) is 4.15. The maximum Gasteiger partial charge on any atom is 0.243 e. The first-order chi connectivity index (χ1) is 11.1. The van der Waals surface area contributed by atoms with Crippen LogP contribution in [0.1, 0.15) is 18.1 Å². The van der Waals surface area contributed by atoms with Crippen molar-refractivity contribution in [2.75, 3.05) is 19.7 Å². The number of rotatable bonds is 4. The molecule has 0 spiro atoms. The van der Waals surface area contributed by atoms with Crippen LogP contribution in [0.4, 0.5) is 0 Å². The molecule has 0 saturated heterocycles. The molecule has 122 valence electrons. The minimum atomic E-state index is -3.46. The summed E-state index contributed by atoms with van der Waals surface area (Å²) in [5.74, 6) is 0.690. The third-order valence-corrected chi connectivity index (χ3v) is 6.06. The lowest BCUT2D eigenvalue weighted by molar-refractivity contribution is 0.340. The van der Waals surface area contributed by atoms with Crippen LogP contribution in [0.2, 0.25) is 0 Å². The minimum absolute atomic E-state index is 0.326. The number of benzene rings is 2. The fraction of sp³-hybridized carbons (Fsp3) is 0.333. The van der Waals surface area contributed by atoms with Crippen molar-refractivity contribution in [1.29, 1.82) is 0 Å². The van der Waals surface area contributed by atoms with Crippen molar-refractivity contribution >= 4 is 10.0 Å². The molecular formula is C18H21NO3S. The summed E-state index contributed by atoms with van der Waals surface area (Å²) in [5.41, 5.74) is 2.49. The molecule has 5 heteroatoms. The standard InChI is InChI=1S/C18H21NO3S/c1-2-22-17-7-9-18(10-8-17)23(20,21)19-13-11-15-5-3-4-6-16(15)12-14-19/h3-10H,2,11-14H2,1H3. The zero-order valence-electron chi connectivity index (χ0n) is 13.2. The van der Waals surface area contributed by atoms with E-state index in [2.05, 4.69) is 12.1 Å². The Bertz CT molecular complexity index is 742. The van der Waals surface area contributed by atoms with Gasteiger partial charge in [0.05, 0.1) is 11.5 Å². The molecule has 0 aliphatic carbocycles. The lowest BCUT2D eigenvalue weighted by Gasteiger charge is -2.20. The fourth-order valence-corrected chi connectivity index (χ4v) is 4.35. The molecule has 0 radical (unpaired) electrons. The molecule has 4 nitrogen and oxygen atoms in total.